The number of rotatable bonds is 13. The predicted molar refractivity (Wildman–Crippen MR) is 90.3 cm³/mol. The lowest BCUT2D eigenvalue weighted by molar-refractivity contribution is -0.440. The minimum absolute atomic E-state index is 0.0126. The number of allylic oxidation sites excluding steroid dienone is 1. The third-order valence-electron chi connectivity index (χ3n) is 5.09. The smallest absolute Gasteiger partial charge is 0.460 e. The van der Waals surface area contributed by atoms with Crippen LogP contribution in [0.5, 0.6) is 0 Å². The van der Waals surface area contributed by atoms with Crippen molar-refractivity contribution >= 4 is 5.97 Å². The number of hydrogen-bond acceptors (Lipinski definition) is 2. The monoisotopic (exact) mass is 678 g/mol. The molecule has 0 spiro atoms. The van der Waals surface area contributed by atoms with Crippen molar-refractivity contribution in [2.45, 2.75) is 85.9 Å². The van der Waals surface area contributed by atoms with Crippen molar-refractivity contribution < 1.29 is 106 Å². The number of carbonyl (C=O) groups is 1. The normalized spacial score (nSPS) is 16.1. The zero-order valence-corrected chi connectivity index (χ0v) is 19.5. The van der Waals surface area contributed by atoms with Crippen LogP contribution in [-0.4, -0.2) is 72.3 Å². The van der Waals surface area contributed by atoms with Gasteiger partial charge in [-0.1, -0.05) is 6.08 Å². The third-order valence-corrected chi connectivity index (χ3v) is 5.09. The van der Waals surface area contributed by atoms with Crippen LogP contribution in [0.2, 0.25) is 0 Å². The fourth-order valence-electron chi connectivity index (χ4n) is 2.46. The minimum atomic E-state index is -8.19. The van der Waals surface area contributed by atoms with Crippen molar-refractivity contribution in [2.75, 3.05) is 6.61 Å². The minimum Gasteiger partial charge on any atom is -0.462 e. The first-order valence-electron chi connectivity index (χ1n) is 10.0. The van der Waals surface area contributed by atoms with Gasteiger partial charge in [0.2, 0.25) is 0 Å². The van der Waals surface area contributed by atoms with E-state index in [0.29, 0.717) is 6.92 Å². The van der Waals surface area contributed by atoms with Gasteiger partial charge in [0.1, 0.15) is 0 Å². The summed E-state index contributed by atoms with van der Waals surface area (Å²) in [6, 6.07) is 0. The molecule has 0 saturated heterocycles. The SMILES string of the molecule is CC(=CCCC(F)(F)C(F)(F)C(F)(F)C(F)(F)F)C(=O)OCCC(F)(F)C(F)(F)C(F)(F)C(F)(F)C(F)(F)C(F)(F)F. The van der Waals surface area contributed by atoms with Crippen molar-refractivity contribution in [3.05, 3.63) is 11.6 Å². The Kier molecular flexibility index (Phi) is 10.7. The number of alkyl halides is 22. The van der Waals surface area contributed by atoms with Gasteiger partial charge in [-0.25, -0.2) is 4.79 Å². The topological polar surface area (TPSA) is 26.3 Å². The molecule has 0 amide bonds. The zero-order valence-electron chi connectivity index (χ0n) is 19.5. The van der Waals surface area contributed by atoms with E-state index in [4.69, 9.17) is 0 Å². The lowest BCUT2D eigenvalue weighted by Gasteiger charge is -2.39. The number of hydrogen-bond donors (Lipinski definition) is 0. The molecule has 0 saturated carbocycles. The van der Waals surface area contributed by atoms with Gasteiger partial charge < -0.3 is 4.74 Å². The van der Waals surface area contributed by atoms with Gasteiger partial charge >= 0.3 is 65.7 Å². The Morgan fingerprint density at radius 3 is 1.19 bits per heavy atom. The van der Waals surface area contributed by atoms with Crippen LogP contribution >= 0.6 is 0 Å². The Bertz CT molecular complexity index is 986. The van der Waals surface area contributed by atoms with Crippen LogP contribution in [0.25, 0.3) is 0 Å². The molecule has 24 heteroatoms. The van der Waals surface area contributed by atoms with Gasteiger partial charge in [0, 0.05) is 12.0 Å². The highest BCUT2D eigenvalue weighted by molar-refractivity contribution is 5.87. The van der Waals surface area contributed by atoms with Crippen LogP contribution < -0.4 is 0 Å². The maximum Gasteiger partial charge on any atom is 0.460 e. The molecule has 0 aliphatic rings. The first-order chi connectivity index (χ1) is 18.0. The average molecular weight is 678 g/mol. The van der Waals surface area contributed by atoms with Crippen LogP contribution in [0.15, 0.2) is 11.6 Å². The zero-order chi connectivity index (χ0) is 34.4. The molecular formula is C18H12F22O2. The van der Waals surface area contributed by atoms with E-state index in [1.807, 2.05) is 0 Å². The Labute approximate surface area is 217 Å². The Balaban J connectivity index is 5.58. The fraction of sp³-hybridized carbons (Fsp3) is 0.833. The molecule has 0 aliphatic heterocycles. The highest BCUT2D eigenvalue weighted by Crippen LogP contribution is 2.60. The Hall–Kier alpha value is -2.33. The van der Waals surface area contributed by atoms with Crippen molar-refractivity contribution in [3.63, 3.8) is 0 Å². The molecule has 0 fully saturated rings. The molecule has 0 aliphatic carbocycles. The molecule has 0 rings (SSSR count). The molecule has 0 bridgehead atoms. The lowest BCUT2D eigenvalue weighted by Crippen LogP contribution is -2.70. The molecule has 250 valence electrons. The van der Waals surface area contributed by atoms with Crippen LogP contribution in [0.1, 0.15) is 26.2 Å². The summed E-state index contributed by atoms with van der Waals surface area (Å²) in [5, 5.41) is 0. The predicted octanol–water partition coefficient (Wildman–Crippen LogP) is 8.85. The highest BCUT2D eigenvalue weighted by Gasteiger charge is 2.90. The number of halogens is 22. The van der Waals surface area contributed by atoms with Gasteiger partial charge in [0.05, 0.1) is 13.0 Å². The van der Waals surface area contributed by atoms with Crippen LogP contribution in [0, 0.1) is 0 Å². The summed E-state index contributed by atoms with van der Waals surface area (Å²) < 4.78 is 287. The molecule has 0 aromatic rings. The van der Waals surface area contributed by atoms with E-state index in [1.54, 1.807) is 0 Å². The van der Waals surface area contributed by atoms with E-state index in [9.17, 15) is 101 Å². The maximum atomic E-state index is 13.6. The van der Waals surface area contributed by atoms with Gasteiger partial charge in [-0.05, 0) is 13.3 Å². The first kappa shape index (κ1) is 39.7. The van der Waals surface area contributed by atoms with Gasteiger partial charge in [-0.3, -0.25) is 0 Å². The van der Waals surface area contributed by atoms with Gasteiger partial charge in [-0.2, -0.15) is 96.6 Å². The Morgan fingerprint density at radius 2 is 0.810 bits per heavy atom. The average Bonchev–Trinajstić information content (AvgIpc) is 2.76. The second-order valence-corrected chi connectivity index (χ2v) is 8.16. The van der Waals surface area contributed by atoms with Crippen molar-refractivity contribution in [3.8, 4) is 0 Å². The molecule has 0 heterocycles. The quantitative estimate of drug-likeness (QED) is 0.111. The van der Waals surface area contributed by atoms with Crippen molar-refractivity contribution in [1.29, 1.82) is 0 Å². The van der Waals surface area contributed by atoms with Crippen molar-refractivity contribution in [1.82, 2.24) is 0 Å². The molecule has 0 N–H and O–H groups in total. The summed E-state index contributed by atoms with van der Waals surface area (Å²) in [6.45, 7) is -1.86. The molecule has 0 atom stereocenters. The third kappa shape index (κ3) is 6.59. The van der Waals surface area contributed by atoms with E-state index >= 15 is 0 Å². The molecule has 0 unspecified atom stereocenters. The summed E-state index contributed by atoms with van der Waals surface area (Å²) >= 11 is 0. The van der Waals surface area contributed by atoms with E-state index in [2.05, 4.69) is 4.74 Å². The maximum absolute atomic E-state index is 13.6. The summed E-state index contributed by atoms with van der Waals surface area (Å²) in [6.07, 6.45) is -22.0. The standard InChI is InChI=1S/C18H12F22O2/c1-7(3-2-4-9(19,20)12(25,26)15(31,32)17(35,36)37)8(41)42-6-5-10(21,22)11(23,24)13(27,28)14(29,30)16(33,34)18(38,39)40/h3H,2,4-6H2,1H3. The fourth-order valence-corrected chi connectivity index (χ4v) is 2.46. The second-order valence-electron chi connectivity index (χ2n) is 8.16. The van der Waals surface area contributed by atoms with E-state index < -0.39 is 97.1 Å². The molecule has 0 radical (unpaired) electrons. The Morgan fingerprint density at radius 1 is 0.500 bits per heavy atom. The summed E-state index contributed by atoms with van der Waals surface area (Å²) in [7, 11) is 0. The van der Waals surface area contributed by atoms with Gasteiger partial charge in [0.25, 0.3) is 0 Å². The summed E-state index contributed by atoms with van der Waals surface area (Å²) in [4.78, 5) is 11.5. The summed E-state index contributed by atoms with van der Waals surface area (Å²) in [5.41, 5.74) is -1.19. The summed E-state index contributed by atoms with van der Waals surface area (Å²) in [5.74, 6) is -61.2. The number of ether oxygens (including phenoxy) is 1. The van der Waals surface area contributed by atoms with Gasteiger partial charge in [0.15, 0.2) is 0 Å². The van der Waals surface area contributed by atoms with Gasteiger partial charge in [-0.15, -0.1) is 0 Å². The van der Waals surface area contributed by atoms with Crippen LogP contribution in [0.4, 0.5) is 96.6 Å². The van der Waals surface area contributed by atoms with Crippen LogP contribution in [-0.2, 0) is 9.53 Å². The van der Waals surface area contributed by atoms with E-state index in [0.717, 1.165) is 0 Å². The molecule has 2 nitrogen and oxygen atoms in total. The lowest BCUT2D eigenvalue weighted by atomic mass is 9.93. The molecule has 0 aromatic heterocycles. The van der Waals surface area contributed by atoms with Crippen molar-refractivity contribution in [2.24, 2.45) is 0 Å². The molecule has 42 heavy (non-hydrogen) atoms. The number of carbonyl (C=O) groups excluding carboxylic acids is 1. The van der Waals surface area contributed by atoms with E-state index in [1.165, 1.54) is 0 Å². The molecular weight excluding hydrogens is 666 g/mol. The van der Waals surface area contributed by atoms with Crippen LogP contribution in [0.3, 0.4) is 0 Å². The highest BCUT2D eigenvalue weighted by atomic mass is 19.4. The second kappa shape index (κ2) is 11.3. The molecule has 0 aromatic carbocycles. The number of esters is 1. The van der Waals surface area contributed by atoms with E-state index in [-0.39, 0.29) is 6.08 Å². The largest absolute Gasteiger partial charge is 0.462 e. The first-order valence-corrected chi connectivity index (χ1v) is 10.0.